The average Bonchev–Trinajstić information content (AvgIpc) is 3.44. The molecule has 0 spiro atoms. The molecule has 0 amide bonds. The Kier molecular flexibility index (Phi) is 6.51. The van der Waals surface area contributed by atoms with Crippen LogP contribution in [0.1, 0.15) is 0 Å². The Morgan fingerprint density at radius 2 is 0.795 bits per heavy atom. The molecule has 8 aromatic rings. The molecule has 0 saturated carbocycles. The number of hydrogen-bond acceptors (Lipinski definition) is 2. The second-order valence-electron chi connectivity index (χ2n) is 10.8. The lowest BCUT2D eigenvalue weighted by Crippen LogP contribution is -1.98. The third-order valence-electron chi connectivity index (χ3n) is 8.13. The van der Waals surface area contributed by atoms with Gasteiger partial charge in [0.05, 0.1) is 27.4 Å². The Labute approximate surface area is 260 Å². The van der Waals surface area contributed by atoms with E-state index in [2.05, 4.69) is 102 Å². The van der Waals surface area contributed by atoms with Crippen LogP contribution in [0.15, 0.2) is 158 Å². The van der Waals surface area contributed by atoms with Crippen molar-refractivity contribution in [2.24, 2.45) is 0 Å². The van der Waals surface area contributed by atoms with Crippen molar-refractivity contribution in [3.8, 4) is 50.7 Å². The Hall–Kier alpha value is -5.51. The summed E-state index contributed by atoms with van der Waals surface area (Å²) < 4.78 is 2.34. The van der Waals surface area contributed by atoms with Gasteiger partial charge in [0.25, 0.3) is 0 Å². The zero-order valence-corrected chi connectivity index (χ0v) is 24.5. The van der Waals surface area contributed by atoms with Crippen LogP contribution < -0.4 is 0 Å². The molecule has 44 heavy (non-hydrogen) atoms. The molecule has 208 valence electrons. The van der Waals surface area contributed by atoms with Crippen LogP contribution in [0, 0.1) is 0 Å². The number of aromatic nitrogens is 3. The SMILES string of the molecule is Clc1c(-c2ccccc2)nc(-c2ccccc2)nc1-c1ccc(-c2ccc(-n3c4ccccc4c4ccccc43)cc2)cc1. The number of para-hydroxylation sites is 2. The van der Waals surface area contributed by atoms with Crippen LogP contribution >= 0.6 is 11.6 Å². The lowest BCUT2D eigenvalue weighted by atomic mass is 10.0. The van der Waals surface area contributed by atoms with Gasteiger partial charge in [0, 0.05) is 33.2 Å². The molecule has 0 radical (unpaired) electrons. The molecule has 0 fully saturated rings. The lowest BCUT2D eigenvalue weighted by molar-refractivity contribution is 1.18. The molecule has 2 heterocycles. The highest BCUT2D eigenvalue weighted by Crippen LogP contribution is 2.37. The minimum atomic E-state index is 0.541. The van der Waals surface area contributed by atoms with Gasteiger partial charge in [-0.2, -0.15) is 0 Å². The van der Waals surface area contributed by atoms with Crippen molar-refractivity contribution >= 4 is 33.4 Å². The van der Waals surface area contributed by atoms with Gasteiger partial charge in [0.15, 0.2) is 5.82 Å². The van der Waals surface area contributed by atoms with E-state index < -0.39 is 0 Å². The Morgan fingerprint density at radius 3 is 1.34 bits per heavy atom. The van der Waals surface area contributed by atoms with E-state index in [1.54, 1.807) is 0 Å². The number of benzene rings is 6. The third-order valence-corrected chi connectivity index (χ3v) is 8.49. The Morgan fingerprint density at radius 1 is 0.386 bits per heavy atom. The van der Waals surface area contributed by atoms with E-state index in [1.165, 1.54) is 21.8 Å². The first-order valence-electron chi connectivity index (χ1n) is 14.6. The normalized spacial score (nSPS) is 11.3. The molecule has 0 bridgehead atoms. The molecule has 6 aromatic carbocycles. The van der Waals surface area contributed by atoms with Gasteiger partial charge in [-0.1, -0.05) is 145 Å². The van der Waals surface area contributed by atoms with E-state index in [0.29, 0.717) is 16.5 Å². The fraction of sp³-hybridized carbons (Fsp3) is 0. The third kappa shape index (κ3) is 4.55. The predicted octanol–water partition coefficient (Wildman–Crippen LogP) is 10.9. The topological polar surface area (TPSA) is 30.7 Å². The van der Waals surface area contributed by atoms with Crippen LogP contribution in [0.3, 0.4) is 0 Å². The molecule has 0 unspecified atom stereocenters. The van der Waals surface area contributed by atoms with E-state index in [1.807, 2.05) is 60.7 Å². The van der Waals surface area contributed by atoms with Crippen LogP contribution in [0.4, 0.5) is 0 Å². The van der Waals surface area contributed by atoms with Gasteiger partial charge in [0.2, 0.25) is 0 Å². The number of nitrogens with zero attached hydrogens (tertiary/aromatic N) is 3. The quantitative estimate of drug-likeness (QED) is 0.202. The fourth-order valence-corrected chi connectivity index (χ4v) is 6.27. The molecule has 0 aliphatic rings. The Bertz CT molecular complexity index is 2200. The Balaban J connectivity index is 1.17. The van der Waals surface area contributed by atoms with Gasteiger partial charge >= 0.3 is 0 Å². The largest absolute Gasteiger partial charge is 0.309 e. The van der Waals surface area contributed by atoms with Crippen molar-refractivity contribution in [3.05, 3.63) is 163 Å². The van der Waals surface area contributed by atoms with Gasteiger partial charge < -0.3 is 4.57 Å². The first-order chi connectivity index (χ1) is 21.7. The van der Waals surface area contributed by atoms with Gasteiger partial charge in [0.1, 0.15) is 0 Å². The van der Waals surface area contributed by atoms with Gasteiger partial charge in [-0.3, -0.25) is 0 Å². The fourth-order valence-electron chi connectivity index (χ4n) is 5.97. The maximum absolute atomic E-state index is 7.02. The molecule has 0 saturated heterocycles. The number of rotatable bonds is 5. The van der Waals surface area contributed by atoms with E-state index in [-0.39, 0.29) is 0 Å². The summed E-state index contributed by atoms with van der Waals surface area (Å²) in [5.41, 5.74) is 10.1. The van der Waals surface area contributed by atoms with Crippen LogP contribution in [0.25, 0.3) is 72.5 Å². The number of hydrogen-bond donors (Lipinski definition) is 0. The first-order valence-corrected chi connectivity index (χ1v) is 15.0. The smallest absolute Gasteiger partial charge is 0.160 e. The summed E-state index contributed by atoms with van der Waals surface area (Å²) in [6.07, 6.45) is 0. The minimum absolute atomic E-state index is 0.541. The molecule has 0 atom stereocenters. The molecule has 2 aromatic heterocycles. The number of fused-ring (bicyclic) bond motifs is 3. The maximum Gasteiger partial charge on any atom is 0.160 e. The second-order valence-corrected chi connectivity index (χ2v) is 11.2. The van der Waals surface area contributed by atoms with Gasteiger partial charge in [-0.15, -0.1) is 0 Å². The molecular formula is C40H26ClN3. The van der Waals surface area contributed by atoms with Crippen LogP contribution in [-0.4, -0.2) is 14.5 Å². The zero-order valence-electron chi connectivity index (χ0n) is 23.7. The number of halogens is 1. The van der Waals surface area contributed by atoms with E-state index >= 15 is 0 Å². The van der Waals surface area contributed by atoms with Crippen molar-refractivity contribution in [3.63, 3.8) is 0 Å². The van der Waals surface area contributed by atoms with E-state index in [0.717, 1.165) is 39.2 Å². The summed E-state index contributed by atoms with van der Waals surface area (Å²) in [7, 11) is 0. The highest BCUT2D eigenvalue weighted by atomic mass is 35.5. The van der Waals surface area contributed by atoms with Crippen molar-refractivity contribution in [1.29, 1.82) is 0 Å². The monoisotopic (exact) mass is 583 g/mol. The predicted molar refractivity (Wildman–Crippen MR) is 183 cm³/mol. The van der Waals surface area contributed by atoms with Crippen molar-refractivity contribution in [1.82, 2.24) is 14.5 Å². The summed E-state index contributed by atoms with van der Waals surface area (Å²) in [6, 6.07) is 54.5. The first kappa shape index (κ1) is 26.1. The molecule has 0 N–H and O–H groups in total. The summed E-state index contributed by atoms with van der Waals surface area (Å²) in [4.78, 5) is 9.83. The maximum atomic E-state index is 7.02. The second kappa shape index (κ2) is 11.0. The zero-order chi connectivity index (χ0) is 29.5. The van der Waals surface area contributed by atoms with Crippen LogP contribution in [0.5, 0.6) is 0 Å². The summed E-state index contributed by atoms with van der Waals surface area (Å²) in [5, 5.41) is 3.06. The summed E-state index contributed by atoms with van der Waals surface area (Å²) >= 11 is 7.02. The van der Waals surface area contributed by atoms with E-state index in [4.69, 9.17) is 21.6 Å². The van der Waals surface area contributed by atoms with Crippen LogP contribution in [-0.2, 0) is 0 Å². The lowest BCUT2D eigenvalue weighted by Gasteiger charge is -2.13. The highest BCUT2D eigenvalue weighted by Gasteiger charge is 2.17. The van der Waals surface area contributed by atoms with Crippen LogP contribution in [0.2, 0.25) is 5.02 Å². The molecule has 4 heteroatoms. The van der Waals surface area contributed by atoms with Crippen molar-refractivity contribution in [2.75, 3.05) is 0 Å². The molecule has 8 rings (SSSR count). The average molecular weight is 584 g/mol. The summed E-state index contributed by atoms with van der Waals surface area (Å²) in [6.45, 7) is 0. The van der Waals surface area contributed by atoms with Gasteiger partial charge in [-0.05, 0) is 35.4 Å². The van der Waals surface area contributed by atoms with E-state index in [9.17, 15) is 0 Å². The summed E-state index contributed by atoms with van der Waals surface area (Å²) in [5.74, 6) is 0.647. The van der Waals surface area contributed by atoms with Gasteiger partial charge in [-0.25, -0.2) is 9.97 Å². The molecule has 0 aliphatic heterocycles. The van der Waals surface area contributed by atoms with Crippen molar-refractivity contribution in [2.45, 2.75) is 0 Å². The van der Waals surface area contributed by atoms with Crippen molar-refractivity contribution < 1.29 is 0 Å². The molecular weight excluding hydrogens is 558 g/mol. The molecule has 0 aliphatic carbocycles. The molecule has 3 nitrogen and oxygen atoms in total. The minimum Gasteiger partial charge on any atom is -0.309 e. The standard InChI is InChI=1S/C40H26ClN3/c41-37-38(29-11-3-1-4-12-29)42-40(31-13-5-2-6-14-31)43-39(37)30-21-19-27(20-22-30)28-23-25-32(26-24-28)44-35-17-9-7-15-33(35)34-16-8-10-18-36(34)44/h1-26H. The highest BCUT2D eigenvalue weighted by molar-refractivity contribution is 6.35.